The Morgan fingerprint density at radius 1 is 1.29 bits per heavy atom. The van der Waals surface area contributed by atoms with Gasteiger partial charge in [0.15, 0.2) is 0 Å². The Hall–Kier alpha value is -2.17. The Labute approximate surface area is 97.1 Å². The summed E-state index contributed by atoms with van der Waals surface area (Å²) in [6, 6.07) is 7.53. The summed E-state index contributed by atoms with van der Waals surface area (Å²) in [7, 11) is 0. The molecule has 5 nitrogen and oxygen atoms in total. The normalized spacial score (nSPS) is 11.4. The number of para-hydroxylation sites is 2. The molecule has 0 bridgehead atoms. The van der Waals surface area contributed by atoms with Crippen LogP contribution < -0.4 is 5.69 Å². The van der Waals surface area contributed by atoms with Gasteiger partial charge in [-0.3, -0.25) is 4.98 Å². The zero-order valence-electron chi connectivity index (χ0n) is 9.47. The van der Waals surface area contributed by atoms with Crippen LogP contribution in [-0.4, -0.2) is 19.4 Å². The number of aromatic nitrogens is 4. The van der Waals surface area contributed by atoms with Crippen LogP contribution in [0.5, 0.6) is 0 Å². The van der Waals surface area contributed by atoms with Gasteiger partial charge in [-0.15, -0.1) is 0 Å². The smallest absolute Gasteiger partial charge is 0.295 e. The number of aromatic amines is 1. The summed E-state index contributed by atoms with van der Waals surface area (Å²) in [5.41, 5.74) is 1.41. The number of hydrogen-bond donors (Lipinski definition) is 1. The van der Waals surface area contributed by atoms with Crippen LogP contribution in [0.4, 0.5) is 0 Å². The Morgan fingerprint density at radius 3 is 2.94 bits per heavy atom. The number of H-pyrrole nitrogens is 1. The molecule has 0 aliphatic rings. The molecule has 0 aliphatic heterocycles. The highest BCUT2D eigenvalue weighted by Crippen LogP contribution is 2.12. The summed E-state index contributed by atoms with van der Waals surface area (Å²) in [5, 5.41) is 0. The minimum absolute atomic E-state index is 0.174. The van der Waals surface area contributed by atoms with Crippen molar-refractivity contribution >= 4 is 16.8 Å². The molecule has 1 aromatic carbocycles. The zero-order chi connectivity index (χ0) is 11.8. The molecule has 86 valence electrons. The topological polar surface area (TPSA) is 63.1 Å². The standard InChI is InChI=1S/C12H12N4O/c1-2-5-10-14-11-13-8-6-3-4-7-9(8)16(11)12(17)15-10/h3-4,6-7H,2,5H2,1H3,(H,13,14,15,17). The molecule has 0 aliphatic carbocycles. The Morgan fingerprint density at radius 2 is 2.12 bits per heavy atom. The Kier molecular flexibility index (Phi) is 2.18. The van der Waals surface area contributed by atoms with E-state index in [1.165, 1.54) is 4.40 Å². The van der Waals surface area contributed by atoms with Crippen molar-refractivity contribution < 1.29 is 0 Å². The fourth-order valence-corrected chi connectivity index (χ4v) is 1.97. The quantitative estimate of drug-likeness (QED) is 0.723. The van der Waals surface area contributed by atoms with E-state index in [4.69, 9.17) is 0 Å². The van der Waals surface area contributed by atoms with Crippen LogP contribution in [0.25, 0.3) is 16.8 Å². The van der Waals surface area contributed by atoms with E-state index >= 15 is 0 Å². The van der Waals surface area contributed by atoms with Crippen LogP contribution >= 0.6 is 0 Å². The minimum atomic E-state index is -0.174. The SMILES string of the molecule is CCCc1nc2nc3ccccc3n2c(=O)[nH]1. The number of nitrogens with zero attached hydrogens (tertiary/aromatic N) is 3. The maximum Gasteiger partial charge on any atom is 0.334 e. The van der Waals surface area contributed by atoms with Crippen LogP contribution in [0, 0.1) is 0 Å². The van der Waals surface area contributed by atoms with Gasteiger partial charge in [0.25, 0.3) is 0 Å². The molecule has 17 heavy (non-hydrogen) atoms. The van der Waals surface area contributed by atoms with Crippen molar-refractivity contribution in [3.8, 4) is 0 Å². The highest BCUT2D eigenvalue weighted by Gasteiger charge is 2.08. The average Bonchev–Trinajstić information content (AvgIpc) is 2.67. The van der Waals surface area contributed by atoms with E-state index in [1.54, 1.807) is 0 Å². The highest BCUT2D eigenvalue weighted by atomic mass is 16.1. The summed E-state index contributed by atoms with van der Waals surface area (Å²) in [6.45, 7) is 2.05. The molecule has 3 aromatic rings. The van der Waals surface area contributed by atoms with E-state index in [-0.39, 0.29) is 5.69 Å². The zero-order valence-corrected chi connectivity index (χ0v) is 9.47. The first kappa shape index (κ1) is 10.0. The molecule has 0 saturated carbocycles. The molecule has 5 heteroatoms. The first-order chi connectivity index (χ1) is 8.29. The molecule has 3 rings (SSSR count). The van der Waals surface area contributed by atoms with Crippen LogP contribution in [-0.2, 0) is 6.42 Å². The molecular weight excluding hydrogens is 216 g/mol. The third-order valence-electron chi connectivity index (χ3n) is 2.72. The second kappa shape index (κ2) is 3.69. The summed E-state index contributed by atoms with van der Waals surface area (Å²) in [6.07, 6.45) is 1.70. The fraction of sp³-hybridized carbons (Fsp3) is 0.250. The van der Waals surface area contributed by atoms with Gasteiger partial charge in [-0.1, -0.05) is 19.1 Å². The first-order valence-corrected chi connectivity index (χ1v) is 5.66. The molecule has 2 heterocycles. The lowest BCUT2D eigenvalue weighted by Crippen LogP contribution is -2.19. The number of nitrogens with one attached hydrogen (secondary N) is 1. The van der Waals surface area contributed by atoms with Gasteiger partial charge in [0, 0.05) is 6.42 Å². The Balaban J connectivity index is 2.40. The maximum absolute atomic E-state index is 12.0. The van der Waals surface area contributed by atoms with Crippen LogP contribution in [0.3, 0.4) is 0 Å². The summed E-state index contributed by atoms with van der Waals surface area (Å²) < 4.78 is 1.51. The van der Waals surface area contributed by atoms with Crippen LogP contribution in [0.2, 0.25) is 0 Å². The van der Waals surface area contributed by atoms with Gasteiger partial charge in [0.1, 0.15) is 5.82 Å². The summed E-state index contributed by atoms with van der Waals surface area (Å²) >= 11 is 0. The van der Waals surface area contributed by atoms with E-state index < -0.39 is 0 Å². The van der Waals surface area contributed by atoms with Crippen molar-refractivity contribution in [3.05, 3.63) is 40.6 Å². The molecule has 0 spiro atoms. The van der Waals surface area contributed by atoms with Gasteiger partial charge in [-0.05, 0) is 18.6 Å². The van der Waals surface area contributed by atoms with E-state index in [9.17, 15) is 4.79 Å². The second-order valence-electron chi connectivity index (χ2n) is 3.97. The number of rotatable bonds is 2. The number of aryl methyl sites for hydroxylation is 1. The summed E-state index contributed by atoms with van der Waals surface area (Å²) in [5.74, 6) is 1.17. The van der Waals surface area contributed by atoms with Gasteiger partial charge in [0.05, 0.1) is 11.0 Å². The van der Waals surface area contributed by atoms with E-state index in [2.05, 4.69) is 15.0 Å². The lowest BCUT2D eigenvalue weighted by atomic mass is 10.3. The predicted molar refractivity (Wildman–Crippen MR) is 65.1 cm³/mol. The van der Waals surface area contributed by atoms with Crippen LogP contribution in [0.1, 0.15) is 19.2 Å². The van der Waals surface area contributed by atoms with Crippen molar-refractivity contribution in [2.24, 2.45) is 0 Å². The highest BCUT2D eigenvalue weighted by molar-refractivity contribution is 5.78. The number of benzene rings is 1. The van der Waals surface area contributed by atoms with E-state index in [0.717, 1.165) is 23.9 Å². The van der Waals surface area contributed by atoms with E-state index in [1.807, 2.05) is 31.2 Å². The molecule has 0 atom stereocenters. The third kappa shape index (κ3) is 1.51. The van der Waals surface area contributed by atoms with Crippen molar-refractivity contribution in [3.63, 3.8) is 0 Å². The molecule has 1 N–H and O–H groups in total. The molecule has 0 amide bonds. The molecule has 0 radical (unpaired) electrons. The minimum Gasteiger partial charge on any atom is -0.295 e. The van der Waals surface area contributed by atoms with Gasteiger partial charge in [0.2, 0.25) is 5.78 Å². The second-order valence-corrected chi connectivity index (χ2v) is 3.97. The average molecular weight is 228 g/mol. The van der Waals surface area contributed by atoms with Gasteiger partial charge >= 0.3 is 5.69 Å². The maximum atomic E-state index is 12.0. The number of imidazole rings is 1. The fourth-order valence-electron chi connectivity index (χ4n) is 1.97. The summed E-state index contributed by atoms with van der Waals surface area (Å²) in [4.78, 5) is 23.5. The van der Waals surface area contributed by atoms with Gasteiger partial charge in [-0.25, -0.2) is 14.2 Å². The molecular formula is C12H12N4O. The van der Waals surface area contributed by atoms with Gasteiger partial charge < -0.3 is 0 Å². The lowest BCUT2D eigenvalue weighted by molar-refractivity contribution is 0.800. The molecule has 0 unspecified atom stereocenters. The monoisotopic (exact) mass is 228 g/mol. The van der Waals surface area contributed by atoms with Crippen molar-refractivity contribution in [1.82, 2.24) is 19.4 Å². The molecule has 2 aromatic heterocycles. The van der Waals surface area contributed by atoms with Crippen molar-refractivity contribution in [2.75, 3.05) is 0 Å². The van der Waals surface area contributed by atoms with Crippen LogP contribution in [0.15, 0.2) is 29.1 Å². The third-order valence-corrected chi connectivity index (χ3v) is 2.72. The van der Waals surface area contributed by atoms with E-state index in [0.29, 0.717) is 11.6 Å². The largest absolute Gasteiger partial charge is 0.334 e. The Bertz CT molecular complexity index is 741. The predicted octanol–water partition coefficient (Wildman–Crippen LogP) is 1.52. The van der Waals surface area contributed by atoms with Gasteiger partial charge in [-0.2, -0.15) is 4.98 Å². The number of hydrogen-bond acceptors (Lipinski definition) is 3. The number of fused-ring (bicyclic) bond motifs is 3. The molecule has 0 saturated heterocycles. The molecule has 0 fully saturated rings. The van der Waals surface area contributed by atoms with Crippen molar-refractivity contribution in [1.29, 1.82) is 0 Å². The van der Waals surface area contributed by atoms with Crippen molar-refractivity contribution in [2.45, 2.75) is 19.8 Å². The first-order valence-electron chi connectivity index (χ1n) is 5.66. The lowest BCUT2D eigenvalue weighted by Gasteiger charge is -1.98.